The molecule has 1 atom stereocenters. The molecule has 0 spiro atoms. The van der Waals surface area contributed by atoms with Crippen molar-refractivity contribution in [1.29, 1.82) is 0 Å². The van der Waals surface area contributed by atoms with Crippen LogP contribution in [0.4, 0.5) is 15.2 Å². The number of halogens is 2. The van der Waals surface area contributed by atoms with Gasteiger partial charge in [0.05, 0.1) is 32.7 Å². The van der Waals surface area contributed by atoms with Gasteiger partial charge in [0, 0.05) is 13.1 Å². The van der Waals surface area contributed by atoms with E-state index in [-0.39, 0.29) is 17.6 Å². The first kappa shape index (κ1) is 20.9. The number of piperidine rings is 1. The summed E-state index contributed by atoms with van der Waals surface area (Å²) in [7, 11) is 0. The van der Waals surface area contributed by atoms with Gasteiger partial charge in [-0.25, -0.2) is 9.07 Å². The first-order valence-electron chi connectivity index (χ1n) is 10.4. The molecule has 1 aliphatic heterocycles. The predicted octanol–water partition coefficient (Wildman–Crippen LogP) is 5.44. The number of thiazole rings is 1. The van der Waals surface area contributed by atoms with E-state index in [9.17, 15) is 9.18 Å². The van der Waals surface area contributed by atoms with Crippen LogP contribution in [-0.2, 0) is 4.79 Å². The number of nitrogens with zero attached hydrogens (tertiary/aromatic N) is 4. The third-order valence-corrected chi connectivity index (χ3v) is 7.17. The number of carbonyl (C=O) groups is 1. The summed E-state index contributed by atoms with van der Waals surface area (Å²) in [6.07, 6.45) is 1.71. The van der Waals surface area contributed by atoms with Gasteiger partial charge in [-0.1, -0.05) is 41.1 Å². The van der Waals surface area contributed by atoms with Gasteiger partial charge < -0.3 is 10.2 Å². The lowest BCUT2D eigenvalue weighted by atomic mass is 9.97. The lowest BCUT2D eigenvalue weighted by Gasteiger charge is -2.31. The third kappa shape index (κ3) is 3.96. The van der Waals surface area contributed by atoms with Crippen LogP contribution in [0, 0.1) is 18.7 Å². The van der Waals surface area contributed by atoms with Crippen LogP contribution in [0.15, 0.2) is 48.5 Å². The van der Waals surface area contributed by atoms with E-state index in [0.29, 0.717) is 28.6 Å². The van der Waals surface area contributed by atoms with E-state index in [1.165, 1.54) is 12.1 Å². The van der Waals surface area contributed by atoms with Crippen molar-refractivity contribution < 1.29 is 9.18 Å². The van der Waals surface area contributed by atoms with Crippen LogP contribution in [0.1, 0.15) is 18.5 Å². The molecule has 1 N–H and O–H groups in total. The van der Waals surface area contributed by atoms with E-state index in [2.05, 4.69) is 15.3 Å². The number of para-hydroxylation sites is 1. The lowest BCUT2D eigenvalue weighted by Crippen LogP contribution is -2.40. The van der Waals surface area contributed by atoms with Crippen molar-refractivity contribution in [1.82, 2.24) is 14.8 Å². The zero-order valence-electron chi connectivity index (χ0n) is 17.4. The molecule has 164 valence electrons. The molecule has 4 aromatic rings. The molecule has 1 amide bonds. The molecule has 6 nitrogen and oxygen atoms in total. The normalized spacial score (nSPS) is 16.5. The van der Waals surface area contributed by atoms with Gasteiger partial charge in [0.2, 0.25) is 5.91 Å². The van der Waals surface area contributed by atoms with E-state index in [4.69, 9.17) is 16.6 Å². The maximum absolute atomic E-state index is 13.7. The number of aromatic nitrogens is 3. The SMILES string of the molecule is Cc1nn(-c2cccc(F)c2)c2nc(N3CCC[C@H](C(=O)Nc4ccccc4Cl)C3)sc12. The van der Waals surface area contributed by atoms with Gasteiger partial charge in [0.15, 0.2) is 10.8 Å². The zero-order valence-corrected chi connectivity index (χ0v) is 19.0. The first-order valence-corrected chi connectivity index (χ1v) is 11.6. The fraction of sp³-hybridized carbons (Fsp3) is 0.261. The van der Waals surface area contributed by atoms with E-state index < -0.39 is 0 Å². The monoisotopic (exact) mass is 469 g/mol. The van der Waals surface area contributed by atoms with Gasteiger partial charge in [-0.2, -0.15) is 10.1 Å². The van der Waals surface area contributed by atoms with Gasteiger partial charge >= 0.3 is 0 Å². The van der Waals surface area contributed by atoms with Crippen LogP contribution in [0.2, 0.25) is 5.02 Å². The molecule has 1 saturated heterocycles. The van der Waals surface area contributed by atoms with Crippen molar-refractivity contribution in [3.05, 3.63) is 65.1 Å². The number of aryl methyl sites for hydroxylation is 1. The number of hydrogen-bond donors (Lipinski definition) is 1. The van der Waals surface area contributed by atoms with Crippen molar-refractivity contribution in [2.24, 2.45) is 5.92 Å². The molecule has 5 rings (SSSR count). The van der Waals surface area contributed by atoms with Crippen molar-refractivity contribution in [3.8, 4) is 5.69 Å². The minimum Gasteiger partial charge on any atom is -0.347 e. The van der Waals surface area contributed by atoms with Gasteiger partial charge in [-0.05, 0) is 50.1 Å². The summed E-state index contributed by atoms with van der Waals surface area (Å²) < 4.78 is 16.4. The van der Waals surface area contributed by atoms with E-state index >= 15 is 0 Å². The molecule has 9 heteroatoms. The first-order chi connectivity index (χ1) is 15.5. The van der Waals surface area contributed by atoms with Crippen molar-refractivity contribution in [2.45, 2.75) is 19.8 Å². The molecule has 0 saturated carbocycles. The summed E-state index contributed by atoms with van der Waals surface area (Å²) in [6, 6.07) is 13.6. The number of nitrogens with one attached hydrogen (secondary N) is 1. The Morgan fingerprint density at radius 3 is 2.91 bits per heavy atom. The molecule has 1 fully saturated rings. The molecule has 3 heterocycles. The summed E-state index contributed by atoms with van der Waals surface area (Å²) >= 11 is 7.74. The Balaban J connectivity index is 1.39. The number of hydrogen-bond acceptors (Lipinski definition) is 5. The van der Waals surface area contributed by atoms with E-state index in [1.807, 2.05) is 25.1 Å². The van der Waals surface area contributed by atoms with E-state index in [0.717, 1.165) is 34.9 Å². The molecule has 0 unspecified atom stereocenters. The van der Waals surface area contributed by atoms with E-state index in [1.54, 1.807) is 34.2 Å². The topological polar surface area (TPSA) is 63.1 Å². The Morgan fingerprint density at radius 1 is 1.25 bits per heavy atom. The fourth-order valence-corrected chi connectivity index (χ4v) is 5.21. The summed E-state index contributed by atoms with van der Waals surface area (Å²) in [5.41, 5.74) is 2.81. The minimum absolute atomic E-state index is 0.0361. The largest absolute Gasteiger partial charge is 0.347 e. The zero-order chi connectivity index (χ0) is 22.2. The average molecular weight is 470 g/mol. The molecular weight excluding hydrogens is 449 g/mol. The quantitative estimate of drug-likeness (QED) is 0.432. The second kappa shape index (κ2) is 8.52. The maximum Gasteiger partial charge on any atom is 0.229 e. The van der Waals surface area contributed by atoms with Crippen LogP contribution < -0.4 is 10.2 Å². The average Bonchev–Trinajstić information content (AvgIpc) is 3.36. The van der Waals surface area contributed by atoms with Gasteiger partial charge in [-0.15, -0.1) is 0 Å². The number of fused-ring (bicyclic) bond motifs is 1. The molecule has 2 aromatic carbocycles. The van der Waals surface area contributed by atoms with Crippen molar-refractivity contribution in [3.63, 3.8) is 0 Å². The Kier molecular flexibility index (Phi) is 5.57. The molecule has 0 bridgehead atoms. The van der Waals surface area contributed by atoms with Gasteiger partial charge in [-0.3, -0.25) is 4.79 Å². The Labute approximate surface area is 193 Å². The number of carbonyl (C=O) groups excluding carboxylic acids is 1. The highest BCUT2D eigenvalue weighted by Crippen LogP contribution is 2.35. The summed E-state index contributed by atoms with van der Waals surface area (Å²) in [4.78, 5) is 19.9. The predicted molar refractivity (Wildman–Crippen MR) is 126 cm³/mol. The molecule has 1 aliphatic rings. The van der Waals surface area contributed by atoms with Crippen LogP contribution in [-0.4, -0.2) is 33.8 Å². The summed E-state index contributed by atoms with van der Waals surface area (Å²) in [5, 5.41) is 8.88. The molecular formula is C23H21ClFN5OS. The highest BCUT2D eigenvalue weighted by molar-refractivity contribution is 7.22. The minimum atomic E-state index is -0.317. The molecule has 0 aliphatic carbocycles. The summed E-state index contributed by atoms with van der Waals surface area (Å²) in [5.74, 6) is -0.512. The highest BCUT2D eigenvalue weighted by atomic mass is 35.5. The number of rotatable bonds is 4. The maximum atomic E-state index is 13.7. The van der Waals surface area contributed by atoms with Crippen LogP contribution in [0.5, 0.6) is 0 Å². The standard InChI is InChI=1S/C23H21ClFN5OS/c1-14-20-21(30(28-14)17-8-4-7-16(25)12-17)27-23(32-20)29-11-5-6-15(13-29)22(31)26-19-10-3-2-9-18(19)24/h2-4,7-10,12,15H,5-6,11,13H2,1H3,(H,26,31)/t15-/m0/s1. The highest BCUT2D eigenvalue weighted by Gasteiger charge is 2.29. The summed E-state index contributed by atoms with van der Waals surface area (Å²) in [6.45, 7) is 3.34. The van der Waals surface area contributed by atoms with Crippen molar-refractivity contribution >= 4 is 50.0 Å². The van der Waals surface area contributed by atoms with Crippen LogP contribution in [0.25, 0.3) is 16.0 Å². The second-order valence-electron chi connectivity index (χ2n) is 7.88. The smallest absolute Gasteiger partial charge is 0.229 e. The fourth-order valence-electron chi connectivity index (χ4n) is 4.01. The molecule has 2 aromatic heterocycles. The molecule has 32 heavy (non-hydrogen) atoms. The van der Waals surface area contributed by atoms with Crippen molar-refractivity contribution in [2.75, 3.05) is 23.3 Å². The number of benzene rings is 2. The Hall–Kier alpha value is -2.97. The van der Waals surface area contributed by atoms with Crippen LogP contribution >= 0.6 is 22.9 Å². The lowest BCUT2D eigenvalue weighted by molar-refractivity contribution is -0.120. The molecule has 0 radical (unpaired) electrons. The second-order valence-corrected chi connectivity index (χ2v) is 9.27. The Morgan fingerprint density at radius 2 is 2.09 bits per heavy atom. The number of anilines is 2. The Bertz CT molecular complexity index is 1300. The van der Waals surface area contributed by atoms with Gasteiger partial charge in [0.1, 0.15) is 5.82 Å². The van der Waals surface area contributed by atoms with Gasteiger partial charge in [0.25, 0.3) is 0 Å². The number of amides is 1. The van der Waals surface area contributed by atoms with Crippen LogP contribution in [0.3, 0.4) is 0 Å². The third-order valence-electron chi connectivity index (χ3n) is 5.62.